The maximum absolute atomic E-state index is 9.43. The van der Waals surface area contributed by atoms with Crippen molar-refractivity contribution in [2.75, 3.05) is 6.54 Å². The van der Waals surface area contributed by atoms with Crippen LogP contribution >= 0.6 is 11.6 Å². The summed E-state index contributed by atoms with van der Waals surface area (Å²) in [6.45, 7) is 1.55. The fourth-order valence-electron chi connectivity index (χ4n) is 2.57. The number of rotatable bonds is 4. The SMILES string of the molecule is OCc1nnc(C2CCCN2)n1Cc1ccc(Cl)cc1. The first-order valence-electron chi connectivity index (χ1n) is 6.78. The molecule has 2 N–H and O–H groups in total. The van der Waals surface area contributed by atoms with E-state index in [1.807, 2.05) is 28.8 Å². The molecule has 6 heteroatoms. The van der Waals surface area contributed by atoms with Crippen molar-refractivity contribution in [3.8, 4) is 0 Å². The van der Waals surface area contributed by atoms with E-state index in [9.17, 15) is 5.11 Å². The summed E-state index contributed by atoms with van der Waals surface area (Å²) in [6.07, 6.45) is 2.21. The summed E-state index contributed by atoms with van der Waals surface area (Å²) in [5, 5.41) is 21.9. The van der Waals surface area contributed by atoms with Crippen LogP contribution in [0.3, 0.4) is 0 Å². The van der Waals surface area contributed by atoms with Gasteiger partial charge in [-0.25, -0.2) is 0 Å². The number of aliphatic hydroxyl groups excluding tert-OH is 1. The van der Waals surface area contributed by atoms with Gasteiger partial charge in [-0.05, 0) is 37.1 Å². The van der Waals surface area contributed by atoms with Crippen molar-refractivity contribution in [3.05, 3.63) is 46.5 Å². The number of nitrogens with zero attached hydrogens (tertiary/aromatic N) is 3. The van der Waals surface area contributed by atoms with Crippen LogP contribution in [0.4, 0.5) is 0 Å². The van der Waals surface area contributed by atoms with Crippen molar-refractivity contribution in [1.82, 2.24) is 20.1 Å². The Labute approximate surface area is 122 Å². The Morgan fingerprint density at radius 2 is 2.10 bits per heavy atom. The first kappa shape index (κ1) is 13.5. The molecule has 0 bridgehead atoms. The zero-order valence-corrected chi connectivity index (χ0v) is 11.8. The second-order valence-electron chi connectivity index (χ2n) is 4.99. The van der Waals surface area contributed by atoms with E-state index in [1.54, 1.807) is 0 Å². The van der Waals surface area contributed by atoms with Crippen LogP contribution in [0.2, 0.25) is 5.02 Å². The van der Waals surface area contributed by atoms with Crippen LogP contribution in [0.15, 0.2) is 24.3 Å². The number of hydrogen-bond acceptors (Lipinski definition) is 4. The van der Waals surface area contributed by atoms with Gasteiger partial charge in [0.05, 0.1) is 12.6 Å². The molecule has 1 fully saturated rings. The Bertz CT molecular complexity index is 575. The van der Waals surface area contributed by atoms with Gasteiger partial charge in [-0.1, -0.05) is 23.7 Å². The first-order valence-corrected chi connectivity index (χ1v) is 7.16. The van der Waals surface area contributed by atoms with Crippen LogP contribution in [-0.4, -0.2) is 26.4 Å². The molecular weight excluding hydrogens is 276 g/mol. The minimum Gasteiger partial charge on any atom is -0.388 e. The van der Waals surface area contributed by atoms with Crippen molar-refractivity contribution < 1.29 is 5.11 Å². The van der Waals surface area contributed by atoms with Gasteiger partial charge in [0.1, 0.15) is 6.61 Å². The van der Waals surface area contributed by atoms with Crippen LogP contribution in [0.5, 0.6) is 0 Å². The quantitative estimate of drug-likeness (QED) is 0.903. The minimum atomic E-state index is -0.104. The summed E-state index contributed by atoms with van der Waals surface area (Å²) in [5.74, 6) is 1.50. The predicted molar refractivity (Wildman–Crippen MR) is 76.5 cm³/mol. The fraction of sp³-hybridized carbons (Fsp3) is 0.429. The smallest absolute Gasteiger partial charge is 0.159 e. The van der Waals surface area contributed by atoms with E-state index in [2.05, 4.69) is 15.5 Å². The van der Waals surface area contributed by atoms with Gasteiger partial charge in [-0.15, -0.1) is 10.2 Å². The van der Waals surface area contributed by atoms with Crippen LogP contribution in [0, 0.1) is 0 Å². The lowest BCUT2D eigenvalue weighted by Gasteiger charge is -2.14. The Balaban J connectivity index is 1.90. The highest BCUT2D eigenvalue weighted by molar-refractivity contribution is 6.30. The molecule has 1 aromatic carbocycles. The molecule has 1 aliphatic rings. The van der Waals surface area contributed by atoms with Gasteiger partial charge in [0, 0.05) is 5.02 Å². The summed E-state index contributed by atoms with van der Waals surface area (Å²) in [5.41, 5.74) is 1.11. The summed E-state index contributed by atoms with van der Waals surface area (Å²) < 4.78 is 1.99. The molecule has 3 rings (SSSR count). The second kappa shape index (κ2) is 5.91. The predicted octanol–water partition coefficient (Wildman–Crippen LogP) is 1.90. The minimum absolute atomic E-state index is 0.104. The maximum Gasteiger partial charge on any atom is 0.159 e. The number of hydrogen-bond donors (Lipinski definition) is 2. The van der Waals surface area contributed by atoms with E-state index in [1.165, 1.54) is 0 Å². The van der Waals surface area contributed by atoms with Crippen LogP contribution in [0.1, 0.15) is 36.1 Å². The van der Waals surface area contributed by atoms with Crippen molar-refractivity contribution in [1.29, 1.82) is 0 Å². The molecule has 2 aromatic rings. The number of aliphatic hydroxyl groups is 1. The molecule has 1 unspecified atom stereocenters. The average Bonchev–Trinajstić information content (AvgIpc) is 3.10. The molecule has 1 aromatic heterocycles. The number of nitrogens with one attached hydrogen (secondary N) is 1. The van der Waals surface area contributed by atoms with Crippen molar-refractivity contribution >= 4 is 11.6 Å². The fourth-order valence-corrected chi connectivity index (χ4v) is 2.70. The number of halogens is 1. The van der Waals surface area contributed by atoms with E-state index >= 15 is 0 Å². The van der Waals surface area contributed by atoms with E-state index in [0.29, 0.717) is 12.4 Å². The molecule has 1 aliphatic heterocycles. The summed E-state index contributed by atoms with van der Waals surface area (Å²) in [7, 11) is 0. The molecule has 1 atom stereocenters. The first-order chi connectivity index (χ1) is 9.78. The molecule has 1 saturated heterocycles. The summed E-state index contributed by atoms with van der Waals surface area (Å²) >= 11 is 5.91. The molecule has 0 aliphatic carbocycles. The zero-order valence-electron chi connectivity index (χ0n) is 11.1. The lowest BCUT2D eigenvalue weighted by atomic mass is 10.2. The highest BCUT2D eigenvalue weighted by Crippen LogP contribution is 2.23. The van der Waals surface area contributed by atoms with Crippen LogP contribution in [0.25, 0.3) is 0 Å². The Kier molecular flexibility index (Phi) is 4.00. The summed E-state index contributed by atoms with van der Waals surface area (Å²) in [4.78, 5) is 0. The molecule has 0 saturated carbocycles. The standard InChI is InChI=1S/C14H17ClN4O/c15-11-5-3-10(4-6-11)8-19-13(9-20)17-18-14(19)12-2-1-7-16-12/h3-6,12,16,20H,1-2,7-9H2. The lowest BCUT2D eigenvalue weighted by molar-refractivity contribution is 0.265. The van der Waals surface area contributed by atoms with Gasteiger partial charge < -0.3 is 15.0 Å². The molecule has 2 heterocycles. The van der Waals surface area contributed by atoms with Gasteiger partial charge in [-0.2, -0.15) is 0 Å². The van der Waals surface area contributed by atoms with Gasteiger partial charge in [0.15, 0.2) is 11.6 Å². The molecule has 20 heavy (non-hydrogen) atoms. The molecule has 0 radical (unpaired) electrons. The summed E-state index contributed by atoms with van der Waals surface area (Å²) in [6, 6.07) is 7.93. The van der Waals surface area contributed by atoms with Gasteiger partial charge in [0.2, 0.25) is 0 Å². The Morgan fingerprint density at radius 3 is 2.75 bits per heavy atom. The van der Waals surface area contributed by atoms with E-state index in [4.69, 9.17) is 11.6 Å². The Morgan fingerprint density at radius 1 is 1.30 bits per heavy atom. The van der Waals surface area contributed by atoms with Crippen LogP contribution in [-0.2, 0) is 13.2 Å². The average molecular weight is 293 g/mol. The topological polar surface area (TPSA) is 63.0 Å². The number of aromatic nitrogens is 3. The highest BCUT2D eigenvalue weighted by Gasteiger charge is 2.23. The monoisotopic (exact) mass is 292 g/mol. The third-order valence-corrected chi connectivity index (χ3v) is 3.88. The van der Waals surface area contributed by atoms with Crippen molar-refractivity contribution in [2.24, 2.45) is 0 Å². The van der Waals surface area contributed by atoms with Gasteiger partial charge in [0.25, 0.3) is 0 Å². The van der Waals surface area contributed by atoms with Crippen LogP contribution < -0.4 is 5.32 Å². The molecule has 0 amide bonds. The highest BCUT2D eigenvalue weighted by atomic mass is 35.5. The number of benzene rings is 1. The van der Waals surface area contributed by atoms with E-state index in [0.717, 1.165) is 35.8 Å². The third-order valence-electron chi connectivity index (χ3n) is 3.62. The lowest BCUT2D eigenvalue weighted by Crippen LogP contribution is -2.19. The maximum atomic E-state index is 9.43. The van der Waals surface area contributed by atoms with E-state index in [-0.39, 0.29) is 12.6 Å². The largest absolute Gasteiger partial charge is 0.388 e. The molecular formula is C14H17ClN4O. The second-order valence-corrected chi connectivity index (χ2v) is 5.43. The van der Waals surface area contributed by atoms with Gasteiger partial charge >= 0.3 is 0 Å². The van der Waals surface area contributed by atoms with Crippen molar-refractivity contribution in [3.63, 3.8) is 0 Å². The molecule has 106 valence electrons. The van der Waals surface area contributed by atoms with Gasteiger partial charge in [-0.3, -0.25) is 0 Å². The van der Waals surface area contributed by atoms with E-state index < -0.39 is 0 Å². The molecule has 0 spiro atoms. The molecule has 5 nitrogen and oxygen atoms in total. The Hall–Kier alpha value is -1.43. The van der Waals surface area contributed by atoms with Crippen molar-refractivity contribution in [2.45, 2.75) is 32.0 Å². The normalized spacial score (nSPS) is 18.6. The third kappa shape index (κ3) is 2.70. The zero-order chi connectivity index (χ0) is 13.9.